The van der Waals surface area contributed by atoms with Gasteiger partial charge in [-0.15, -0.1) is 0 Å². The molecule has 0 amide bonds. The van der Waals surface area contributed by atoms with Crippen molar-refractivity contribution in [3.63, 3.8) is 0 Å². The summed E-state index contributed by atoms with van der Waals surface area (Å²) in [4.78, 5) is 0. The summed E-state index contributed by atoms with van der Waals surface area (Å²) in [6, 6.07) is 0. The van der Waals surface area contributed by atoms with Crippen molar-refractivity contribution in [2.75, 3.05) is 0 Å². The monoisotopic (exact) mass is 122 g/mol. The molecule has 0 aliphatic heterocycles. The average molecular weight is 122 g/mol. The van der Waals surface area contributed by atoms with E-state index in [-0.39, 0.29) is 6.42 Å². The Morgan fingerprint density at radius 3 is 2.12 bits per heavy atom. The van der Waals surface area contributed by atoms with Crippen LogP contribution in [0.1, 0.15) is 19.3 Å². The lowest BCUT2D eigenvalue weighted by Crippen LogP contribution is -2.11. The second-order valence-corrected chi connectivity index (χ2v) is 2.32. The molecule has 0 aromatic heterocycles. The number of alkyl halides is 2. The average Bonchev–Trinajstić information content (AvgIpc) is 2.17. The molecule has 8 heavy (non-hydrogen) atoms. The summed E-state index contributed by atoms with van der Waals surface area (Å²) in [6.07, 6.45) is -1.58. The van der Waals surface area contributed by atoms with Crippen molar-refractivity contribution in [1.29, 1.82) is 0 Å². The Bertz CT molecular complexity index is 88.4. The lowest BCUT2D eigenvalue weighted by atomic mass is 10.2. The Labute approximate surface area is 46.3 Å². The summed E-state index contributed by atoms with van der Waals surface area (Å²) in [7, 11) is 0. The minimum absolute atomic E-state index is 0.340. The first-order chi connectivity index (χ1) is 3.62. The maximum absolute atomic E-state index is 11.4. The van der Waals surface area contributed by atoms with E-state index in [4.69, 9.17) is 5.11 Å². The van der Waals surface area contributed by atoms with Crippen molar-refractivity contribution in [1.82, 2.24) is 0 Å². The summed E-state index contributed by atoms with van der Waals surface area (Å²) < 4.78 is 22.8. The van der Waals surface area contributed by atoms with E-state index in [0.717, 1.165) is 0 Å². The molecule has 0 heterocycles. The number of hydrogen-bond donors (Lipinski definition) is 1. The Morgan fingerprint density at radius 2 is 2.00 bits per heavy atom. The molecule has 1 fully saturated rings. The first kappa shape index (κ1) is 5.95. The molecule has 48 valence electrons. The van der Waals surface area contributed by atoms with E-state index >= 15 is 0 Å². The van der Waals surface area contributed by atoms with Gasteiger partial charge in [-0.1, -0.05) is 0 Å². The van der Waals surface area contributed by atoms with Crippen LogP contribution in [0.25, 0.3) is 0 Å². The van der Waals surface area contributed by atoms with E-state index < -0.39 is 12.0 Å². The normalized spacial score (nSPS) is 24.0. The zero-order valence-corrected chi connectivity index (χ0v) is 4.40. The standard InChI is InChI=1S/C5H8F2O/c6-4(7)3-5(8)1-2-5/h4,8H,1-3H2. The third kappa shape index (κ3) is 1.40. The van der Waals surface area contributed by atoms with Crippen molar-refractivity contribution in [2.24, 2.45) is 0 Å². The van der Waals surface area contributed by atoms with Gasteiger partial charge in [0, 0.05) is 6.42 Å². The third-order valence-electron chi connectivity index (χ3n) is 1.36. The Morgan fingerprint density at radius 1 is 1.50 bits per heavy atom. The lowest BCUT2D eigenvalue weighted by molar-refractivity contribution is 0.0468. The molecule has 1 rings (SSSR count). The van der Waals surface area contributed by atoms with E-state index in [2.05, 4.69) is 0 Å². The van der Waals surface area contributed by atoms with Crippen LogP contribution in [0.2, 0.25) is 0 Å². The highest BCUT2D eigenvalue weighted by Crippen LogP contribution is 2.39. The van der Waals surface area contributed by atoms with Gasteiger partial charge in [-0.3, -0.25) is 0 Å². The molecule has 1 N–H and O–H groups in total. The van der Waals surface area contributed by atoms with Crippen molar-refractivity contribution in [3.8, 4) is 0 Å². The van der Waals surface area contributed by atoms with Gasteiger partial charge in [0.15, 0.2) is 0 Å². The predicted octanol–water partition coefficient (Wildman–Crippen LogP) is 1.17. The molecule has 1 nitrogen and oxygen atoms in total. The highest BCUT2D eigenvalue weighted by atomic mass is 19.3. The van der Waals surface area contributed by atoms with E-state index in [9.17, 15) is 8.78 Å². The van der Waals surface area contributed by atoms with E-state index in [1.807, 2.05) is 0 Å². The van der Waals surface area contributed by atoms with Gasteiger partial charge in [0.1, 0.15) is 0 Å². The van der Waals surface area contributed by atoms with Crippen LogP contribution in [0.15, 0.2) is 0 Å². The number of hydrogen-bond acceptors (Lipinski definition) is 1. The Balaban J connectivity index is 2.19. The van der Waals surface area contributed by atoms with Crippen molar-refractivity contribution in [3.05, 3.63) is 0 Å². The topological polar surface area (TPSA) is 20.2 Å². The van der Waals surface area contributed by atoms with Crippen molar-refractivity contribution < 1.29 is 13.9 Å². The zero-order chi connectivity index (χ0) is 6.20. The first-order valence-electron chi connectivity index (χ1n) is 2.63. The fourth-order valence-electron chi connectivity index (χ4n) is 0.636. The van der Waals surface area contributed by atoms with Gasteiger partial charge in [-0.05, 0) is 12.8 Å². The summed E-state index contributed by atoms with van der Waals surface area (Å²) in [6.45, 7) is 0. The Hall–Kier alpha value is -0.180. The molecular formula is C5H8F2O. The van der Waals surface area contributed by atoms with Crippen LogP contribution >= 0.6 is 0 Å². The molecule has 0 saturated heterocycles. The molecule has 1 saturated carbocycles. The molecule has 0 aromatic carbocycles. The fourth-order valence-corrected chi connectivity index (χ4v) is 0.636. The largest absolute Gasteiger partial charge is 0.390 e. The number of aliphatic hydroxyl groups is 1. The predicted molar refractivity (Wildman–Crippen MR) is 24.8 cm³/mol. The van der Waals surface area contributed by atoms with Crippen LogP contribution < -0.4 is 0 Å². The SMILES string of the molecule is OC1(CC(F)F)CC1. The van der Waals surface area contributed by atoms with Gasteiger partial charge in [0.25, 0.3) is 0 Å². The molecule has 0 unspecified atom stereocenters. The van der Waals surface area contributed by atoms with Crippen LogP contribution in [0.5, 0.6) is 0 Å². The van der Waals surface area contributed by atoms with Gasteiger partial charge in [-0.25, -0.2) is 8.78 Å². The highest BCUT2D eigenvalue weighted by molar-refractivity contribution is 4.93. The minimum Gasteiger partial charge on any atom is -0.390 e. The summed E-state index contributed by atoms with van der Waals surface area (Å²) >= 11 is 0. The Kier molecular flexibility index (Phi) is 1.23. The maximum Gasteiger partial charge on any atom is 0.241 e. The molecule has 0 spiro atoms. The van der Waals surface area contributed by atoms with Gasteiger partial charge in [0.05, 0.1) is 5.60 Å². The highest BCUT2D eigenvalue weighted by Gasteiger charge is 2.42. The summed E-state index contributed by atoms with van der Waals surface area (Å²) in [5.74, 6) is 0. The molecule has 0 atom stereocenters. The molecule has 0 aromatic rings. The number of rotatable bonds is 2. The van der Waals surface area contributed by atoms with Gasteiger partial charge in [0.2, 0.25) is 6.43 Å². The van der Waals surface area contributed by atoms with Crippen LogP contribution in [-0.4, -0.2) is 17.1 Å². The van der Waals surface area contributed by atoms with Crippen molar-refractivity contribution in [2.45, 2.75) is 31.3 Å². The molecule has 0 bridgehead atoms. The smallest absolute Gasteiger partial charge is 0.241 e. The minimum atomic E-state index is -2.34. The van der Waals surface area contributed by atoms with Crippen LogP contribution in [-0.2, 0) is 0 Å². The second kappa shape index (κ2) is 1.65. The fraction of sp³-hybridized carbons (Fsp3) is 1.00. The maximum atomic E-state index is 11.4. The van der Waals surface area contributed by atoms with Gasteiger partial charge < -0.3 is 5.11 Å². The first-order valence-corrected chi connectivity index (χ1v) is 2.63. The van der Waals surface area contributed by atoms with Gasteiger partial charge in [-0.2, -0.15) is 0 Å². The van der Waals surface area contributed by atoms with Crippen LogP contribution in [0.4, 0.5) is 8.78 Å². The lowest BCUT2D eigenvalue weighted by Gasteiger charge is -2.03. The third-order valence-corrected chi connectivity index (χ3v) is 1.36. The zero-order valence-electron chi connectivity index (χ0n) is 4.40. The van der Waals surface area contributed by atoms with Gasteiger partial charge >= 0.3 is 0 Å². The molecule has 0 radical (unpaired) electrons. The second-order valence-electron chi connectivity index (χ2n) is 2.32. The van der Waals surface area contributed by atoms with Crippen LogP contribution in [0.3, 0.4) is 0 Å². The van der Waals surface area contributed by atoms with Crippen molar-refractivity contribution >= 4 is 0 Å². The molecule has 1 aliphatic carbocycles. The quantitative estimate of drug-likeness (QED) is 0.582. The van der Waals surface area contributed by atoms with Crippen LogP contribution in [0, 0.1) is 0 Å². The molecular weight excluding hydrogens is 114 g/mol. The summed E-state index contributed by atoms with van der Waals surface area (Å²) in [5, 5.41) is 8.82. The molecule has 1 aliphatic rings. The van der Waals surface area contributed by atoms with E-state index in [1.165, 1.54) is 0 Å². The summed E-state index contributed by atoms with van der Waals surface area (Å²) in [5.41, 5.74) is -0.978. The molecule has 3 heteroatoms. The van der Waals surface area contributed by atoms with E-state index in [0.29, 0.717) is 12.8 Å². The number of halogens is 2. The van der Waals surface area contributed by atoms with E-state index in [1.54, 1.807) is 0 Å².